The number of piperazine rings is 1. The van der Waals surface area contributed by atoms with Crippen LogP contribution in [0.4, 0.5) is 5.69 Å². The first-order valence-corrected chi connectivity index (χ1v) is 7.10. The Morgan fingerprint density at radius 2 is 2.15 bits per heavy atom. The van der Waals surface area contributed by atoms with Crippen molar-refractivity contribution in [2.75, 3.05) is 38.5 Å². The van der Waals surface area contributed by atoms with Crippen LogP contribution in [0.3, 0.4) is 0 Å². The maximum absolute atomic E-state index is 12.1. The van der Waals surface area contributed by atoms with E-state index in [-0.39, 0.29) is 5.91 Å². The number of carbonyl (C=O) groups is 1. The predicted octanol–water partition coefficient (Wildman–Crippen LogP) is 0.720. The molecule has 1 amide bonds. The first kappa shape index (κ1) is 15.0. The molecule has 1 aliphatic rings. The smallest absolute Gasteiger partial charge is 0.238 e. The lowest BCUT2D eigenvalue weighted by atomic mass is 10.1. The van der Waals surface area contributed by atoms with Gasteiger partial charge in [-0.1, -0.05) is 18.2 Å². The molecule has 3 N–H and O–H groups in total. The summed E-state index contributed by atoms with van der Waals surface area (Å²) < 4.78 is 0. The van der Waals surface area contributed by atoms with Crippen molar-refractivity contribution in [2.45, 2.75) is 19.5 Å². The van der Waals surface area contributed by atoms with E-state index >= 15 is 0 Å². The molecule has 1 unspecified atom stereocenters. The van der Waals surface area contributed by atoms with Gasteiger partial charge >= 0.3 is 0 Å². The quantitative estimate of drug-likeness (QED) is 0.850. The lowest BCUT2D eigenvalue weighted by molar-refractivity contribution is -0.117. The highest BCUT2D eigenvalue weighted by molar-refractivity contribution is 5.93. The van der Waals surface area contributed by atoms with Gasteiger partial charge in [-0.3, -0.25) is 9.69 Å². The fraction of sp³-hybridized carbons (Fsp3) is 0.533. The molecular weight excluding hydrogens is 252 g/mol. The van der Waals surface area contributed by atoms with Crippen LogP contribution < -0.4 is 11.1 Å². The van der Waals surface area contributed by atoms with Gasteiger partial charge in [-0.15, -0.1) is 0 Å². The van der Waals surface area contributed by atoms with Gasteiger partial charge in [-0.25, -0.2) is 0 Å². The number of benzene rings is 1. The van der Waals surface area contributed by atoms with Crippen LogP contribution >= 0.6 is 0 Å². The number of likely N-dealkylation sites (N-methyl/N-ethyl adjacent to an activating group) is 1. The molecule has 20 heavy (non-hydrogen) atoms. The lowest BCUT2D eigenvalue weighted by Crippen LogP contribution is -2.51. The van der Waals surface area contributed by atoms with Gasteiger partial charge < -0.3 is 16.0 Å². The number of anilines is 1. The van der Waals surface area contributed by atoms with Gasteiger partial charge in [0.15, 0.2) is 0 Å². The van der Waals surface area contributed by atoms with Gasteiger partial charge in [0, 0.05) is 37.9 Å². The first-order valence-electron chi connectivity index (χ1n) is 7.10. The normalized spacial score (nSPS) is 20.9. The molecule has 5 nitrogen and oxygen atoms in total. The third kappa shape index (κ3) is 3.79. The summed E-state index contributed by atoms with van der Waals surface area (Å²) in [6.45, 7) is 5.94. The summed E-state index contributed by atoms with van der Waals surface area (Å²) in [7, 11) is 2.12. The minimum atomic E-state index is 0.0302. The van der Waals surface area contributed by atoms with Gasteiger partial charge in [0.05, 0.1) is 6.54 Å². The highest BCUT2D eigenvalue weighted by atomic mass is 16.2. The number of hydrogen-bond acceptors (Lipinski definition) is 4. The van der Waals surface area contributed by atoms with E-state index in [2.05, 4.69) is 29.1 Å². The molecule has 1 aromatic rings. The number of hydrogen-bond donors (Lipinski definition) is 2. The maximum atomic E-state index is 12.1. The van der Waals surface area contributed by atoms with Crippen LogP contribution in [0.15, 0.2) is 24.3 Å². The molecule has 5 heteroatoms. The summed E-state index contributed by atoms with van der Waals surface area (Å²) in [5, 5.41) is 2.96. The summed E-state index contributed by atoms with van der Waals surface area (Å²) in [5.74, 6) is 0.0302. The van der Waals surface area contributed by atoms with Crippen LogP contribution in [0.5, 0.6) is 0 Å². The number of para-hydroxylation sites is 1. The van der Waals surface area contributed by atoms with Crippen LogP contribution in [-0.2, 0) is 11.3 Å². The van der Waals surface area contributed by atoms with Gasteiger partial charge in [0.2, 0.25) is 5.91 Å². The molecule has 1 heterocycles. The third-order valence-corrected chi connectivity index (χ3v) is 3.92. The molecule has 1 saturated heterocycles. The van der Waals surface area contributed by atoms with E-state index in [9.17, 15) is 4.79 Å². The standard InChI is InChI=1S/C15H24N4O/c1-12-10-19(8-7-18(12)2)11-15(20)17-14-6-4-3-5-13(14)9-16/h3-6,12H,7-11,16H2,1-2H3,(H,17,20). The molecule has 0 bridgehead atoms. The average Bonchev–Trinajstić information content (AvgIpc) is 2.43. The minimum absolute atomic E-state index is 0.0302. The van der Waals surface area contributed by atoms with Crippen molar-refractivity contribution in [3.63, 3.8) is 0 Å². The van der Waals surface area contributed by atoms with Crippen molar-refractivity contribution in [3.8, 4) is 0 Å². The highest BCUT2D eigenvalue weighted by Gasteiger charge is 2.22. The van der Waals surface area contributed by atoms with Crippen LogP contribution in [0.2, 0.25) is 0 Å². The van der Waals surface area contributed by atoms with E-state index in [1.54, 1.807) is 0 Å². The molecule has 1 fully saturated rings. The number of carbonyl (C=O) groups excluding carboxylic acids is 1. The number of nitrogens with two attached hydrogens (primary N) is 1. The molecule has 2 rings (SSSR count). The topological polar surface area (TPSA) is 61.6 Å². The molecule has 1 aromatic carbocycles. The Balaban J connectivity index is 1.89. The van der Waals surface area contributed by atoms with Crippen molar-refractivity contribution >= 4 is 11.6 Å². The fourth-order valence-electron chi connectivity index (χ4n) is 2.48. The number of nitrogens with one attached hydrogen (secondary N) is 1. The largest absolute Gasteiger partial charge is 0.326 e. The van der Waals surface area contributed by atoms with E-state index in [0.717, 1.165) is 30.9 Å². The number of nitrogens with zero attached hydrogens (tertiary/aromatic N) is 2. The summed E-state index contributed by atoms with van der Waals surface area (Å²) in [4.78, 5) is 16.6. The Labute approximate surface area is 120 Å². The highest BCUT2D eigenvalue weighted by Crippen LogP contribution is 2.14. The number of amides is 1. The summed E-state index contributed by atoms with van der Waals surface area (Å²) in [6.07, 6.45) is 0. The second-order valence-corrected chi connectivity index (χ2v) is 5.47. The Morgan fingerprint density at radius 3 is 2.85 bits per heavy atom. The van der Waals surface area contributed by atoms with Crippen molar-refractivity contribution in [1.29, 1.82) is 0 Å². The van der Waals surface area contributed by atoms with Crippen molar-refractivity contribution in [2.24, 2.45) is 5.73 Å². The third-order valence-electron chi connectivity index (χ3n) is 3.92. The van der Waals surface area contributed by atoms with Crippen LogP contribution in [0.1, 0.15) is 12.5 Å². The summed E-state index contributed by atoms with van der Waals surface area (Å²) in [6, 6.07) is 8.17. The summed E-state index contributed by atoms with van der Waals surface area (Å²) in [5.41, 5.74) is 7.46. The van der Waals surface area contributed by atoms with E-state index in [1.807, 2.05) is 24.3 Å². The van der Waals surface area contributed by atoms with Crippen molar-refractivity contribution < 1.29 is 4.79 Å². The van der Waals surface area contributed by atoms with Crippen LogP contribution in [0, 0.1) is 0 Å². The van der Waals surface area contributed by atoms with Crippen molar-refractivity contribution in [3.05, 3.63) is 29.8 Å². The van der Waals surface area contributed by atoms with E-state index in [4.69, 9.17) is 5.73 Å². The van der Waals surface area contributed by atoms with Gasteiger partial charge in [-0.05, 0) is 25.6 Å². The van der Waals surface area contributed by atoms with E-state index in [0.29, 0.717) is 19.1 Å². The monoisotopic (exact) mass is 276 g/mol. The molecule has 110 valence electrons. The molecule has 0 saturated carbocycles. The lowest BCUT2D eigenvalue weighted by Gasteiger charge is -2.37. The zero-order valence-corrected chi connectivity index (χ0v) is 12.3. The van der Waals surface area contributed by atoms with E-state index in [1.165, 1.54) is 0 Å². The molecular formula is C15H24N4O. The number of rotatable bonds is 4. The Bertz CT molecular complexity index is 463. The molecule has 1 aliphatic heterocycles. The van der Waals surface area contributed by atoms with Crippen LogP contribution in [-0.4, -0.2) is 55.0 Å². The van der Waals surface area contributed by atoms with Gasteiger partial charge in [0.1, 0.15) is 0 Å². The van der Waals surface area contributed by atoms with Gasteiger partial charge in [0.25, 0.3) is 0 Å². The van der Waals surface area contributed by atoms with Crippen molar-refractivity contribution in [1.82, 2.24) is 9.80 Å². The minimum Gasteiger partial charge on any atom is -0.326 e. The Kier molecular flexibility index (Phi) is 5.11. The average molecular weight is 276 g/mol. The predicted molar refractivity (Wildman–Crippen MR) is 81.5 cm³/mol. The second-order valence-electron chi connectivity index (χ2n) is 5.47. The first-order chi connectivity index (χ1) is 9.60. The molecule has 0 aliphatic carbocycles. The van der Waals surface area contributed by atoms with Gasteiger partial charge in [-0.2, -0.15) is 0 Å². The summed E-state index contributed by atoms with van der Waals surface area (Å²) >= 11 is 0. The molecule has 1 atom stereocenters. The molecule has 0 radical (unpaired) electrons. The second kappa shape index (κ2) is 6.83. The zero-order chi connectivity index (χ0) is 14.5. The van der Waals surface area contributed by atoms with Crippen LogP contribution in [0.25, 0.3) is 0 Å². The Morgan fingerprint density at radius 1 is 1.40 bits per heavy atom. The Hall–Kier alpha value is -1.43. The fourth-order valence-corrected chi connectivity index (χ4v) is 2.48. The molecule has 0 spiro atoms. The van der Waals surface area contributed by atoms with E-state index < -0.39 is 0 Å². The SMILES string of the molecule is CC1CN(CC(=O)Nc2ccccc2CN)CCN1C. The maximum Gasteiger partial charge on any atom is 0.238 e. The molecule has 0 aromatic heterocycles. The zero-order valence-electron chi connectivity index (χ0n) is 12.3.